The molecule has 1 atom stereocenters. The van der Waals surface area contributed by atoms with Gasteiger partial charge in [-0.3, -0.25) is 19.4 Å². The van der Waals surface area contributed by atoms with Gasteiger partial charge in [0.25, 0.3) is 5.91 Å². The number of nitrogens with zero attached hydrogens (tertiary/aromatic N) is 1. The molecule has 0 saturated carbocycles. The Hall–Kier alpha value is -0.790. The quantitative estimate of drug-likeness (QED) is 0.187. The van der Waals surface area contributed by atoms with Gasteiger partial charge >= 0.3 is 0 Å². The summed E-state index contributed by atoms with van der Waals surface area (Å²) in [5.41, 5.74) is 0. The predicted molar refractivity (Wildman–Crippen MR) is 66.4 cm³/mol. The Kier molecular flexibility index (Phi) is 8.79. The molecule has 0 aliphatic carbocycles. The van der Waals surface area contributed by atoms with Gasteiger partial charge in [0.2, 0.25) is 7.37 Å². The van der Waals surface area contributed by atoms with E-state index in [0.29, 0.717) is 18.3 Å². The third kappa shape index (κ3) is 10.8. The van der Waals surface area contributed by atoms with E-state index in [1.165, 1.54) is 7.11 Å². The van der Waals surface area contributed by atoms with Gasteiger partial charge in [0.05, 0.1) is 38.9 Å². The zero-order valence-electron chi connectivity index (χ0n) is 11.1. The van der Waals surface area contributed by atoms with Crippen LogP contribution in [0.4, 0.5) is 0 Å². The summed E-state index contributed by atoms with van der Waals surface area (Å²) in [4.78, 5) is 31.6. The molecule has 0 aliphatic heterocycles. The molecule has 8 nitrogen and oxygen atoms in total. The Balaban J connectivity index is 3.87. The molecule has 0 bridgehead atoms. The van der Waals surface area contributed by atoms with Crippen LogP contribution in [0, 0.1) is 0 Å². The van der Waals surface area contributed by atoms with Crippen LogP contribution in [0.5, 0.6) is 0 Å². The maximum Gasteiger partial charge on any atom is 0.253 e. The first-order chi connectivity index (χ1) is 8.76. The number of ether oxygens (including phenoxy) is 2. The number of ketones is 1. The molecule has 0 saturated heterocycles. The van der Waals surface area contributed by atoms with Crippen LogP contribution in [0.25, 0.3) is 0 Å². The lowest BCUT2D eigenvalue weighted by Crippen LogP contribution is -2.33. The number of carbonyl (C=O) groups excluding carboxylic acids is 2. The fraction of sp³-hybridized carbons (Fsp3) is 0.800. The van der Waals surface area contributed by atoms with Crippen LogP contribution in [-0.2, 0) is 23.6 Å². The molecule has 0 radical (unpaired) electrons. The molecule has 2 N–H and O–H groups in total. The van der Waals surface area contributed by atoms with Crippen molar-refractivity contribution < 1.29 is 33.7 Å². The second kappa shape index (κ2) is 9.17. The van der Waals surface area contributed by atoms with Crippen molar-refractivity contribution in [2.24, 2.45) is 0 Å². The van der Waals surface area contributed by atoms with Gasteiger partial charge in [-0.15, -0.1) is 0 Å². The van der Waals surface area contributed by atoms with Crippen molar-refractivity contribution in [1.82, 2.24) is 5.06 Å². The first kappa shape index (κ1) is 18.2. The fourth-order valence-corrected chi connectivity index (χ4v) is 1.93. The molecule has 1 amide bonds. The zero-order chi connectivity index (χ0) is 14.9. The SMILES string of the molecule is COCCOCCN(O)C(=O)CC(=O)CP(C)(=O)O. The number of Topliss-reactive ketones (excluding diaryl/α,β-unsaturated/α-hetero) is 1. The van der Waals surface area contributed by atoms with Crippen LogP contribution in [-0.4, -0.2) is 73.2 Å². The molecule has 19 heavy (non-hydrogen) atoms. The molecule has 0 heterocycles. The zero-order valence-corrected chi connectivity index (χ0v) is 12.0. The number of hydroxylamine groups is 2. The van der Waals surface area contributed by atoms with E-state index >= 15 is 0 Å². The lowest BCUT2D eigenvalue weighted by molar-refractivity contribution is -0.168. The fourth-order valence-electron chi connectivity index (χ4n) is 1.16. The van der Waals surface area contributed by atoms with E-state index in [1.807, 2.05) is 0 Å². The minimum absolute atomic E-state index is 0.0846. The summed E-state index contributed by atoms with van der Waals surface area (Å²) in [6.07, 6.45) is -1.18. The summed E-state index contributed by atoms with van der Waals surface area (Å²) in [5, 5.41) is 9.67. The minimum atomic E-state index is -3.48. The van der Waals surface area contributed by atoms with Crippen LogP contribution < -0.4 is 0 Å². The van der Waals surface area contributed by atoms with Gasteiger partial charge in [-0.05, 0) is 0 Å². The van der Waals surface area contributed by atoms with Crippen molar-refractivity contribution >= 4 is 19.1 Å². The predicted octanol–water partition coefficient (Wildman–Crippen LogP) is -0.273. The molecule has 0 aliphatic rings. The van der Waals surface area contributed by atoms with E-state index in [2.05, 4.69) is 0 Å². The summed E-state index contributed by atoms with van der Waals surface area (Å²) in [5.74, 6) is -1.51. The van der Waals surface area contributed by atoms with Crippen LogP contribution >= 0.6 is 7.37 Å². The molecule has 1 unspecified atom stereocenters. The summed E-state index contributed by atoms with van der Waals surface area (Å²) in [6.45, 7) is 1.79. The number of methoxy groups -OCH3 is 1. The maximum absolute atomic E-state index is 11.4. The van der Waals surface area contributed by atoms with Crippen LogP contribution in [0.15, 0.2) is 0 Å². The summed E-state index contributed by atoms with van der Waals surface area (Å²) in [7, 11) is -1.96. The van der Waals surface area contributed by atoms with Crippen molar-refractivity contribution in [3.05, 3.63) is 0 Å². The topological polar surface area (TPSA) is 113 Å². The minimum Gasteiger partial charge on any atom is -0.382 e. The summed E-state index contributed by atoms with van der Waals surface area (Å²) < 4.78 is 20.7. The van der Waals surface area contributed by atoms with Crippen molar-refractivity contribution in [1.29, 1.82) is 0 Å². The smallest absolute Gasteiger partial charge is 0.253 e. The Morgan fingerprint density at radius 3 is 2.42 bits per heavy atom. The van der Waals surface area contributed by atoms with Gasteiger partial charge in [-0.1, -0.05) is 0 Å². The number of rotatable bonds is 10. The number of amides is 1. The van der Waals surface area contributed by atoms with E-state index in [0.717, 1.165) is 6.66 Å². The van der Waals surface area contributed by atoms with E-state index in [1.54, 1.807) is 0 Å². The molecule has 112 valence electrons. The van der Waals surface area contributed by atoms with Gasteiger partial charge in [0, 0.05) is 13.8 Å². The van der Waals surface area contributed by atoms with Crippen LogP contribution in [0.3, 0.4) is 0 Å². The van der Waals surface area contributed by atoms with Crippen LogP contribution in [0.2, 0.25) is 0 Å². The highest BCUT2D eigenvalue weighted by atomic mass is 31.2. The monoisotopic (exact) mass is 297 g/mol. The van der Waals surface area contributed by atoms with E-state index in [-0.39, 0.29) is 13.2 Å². The van der Waals surface area contributed by atoms with Crippen molar-refractivity contribution in [2.75, 3.05) is 46.3 Å². The molecule has 0 aromatic heterocycles. The van der Waals surface area contributed by atoms with Gasteiger partial charge < -0.3 is 14.4 Å². The van der Waals surface area contributed by atoms with E-state index in [4.69, 9.17) is 14.4 Å². The lowest BCUT2D eigenvalue weighted by Gasteiger charge is -2.14. The Bertz CT molecular complexity index is 341. The van der Waals surface area contributed by atoms with Crippen LogP contribution in [0.1, 0.15) is 6.42 Å². The highest BCUT2D eigenvalue weighted by Crippen LogP contribution is 2.34. The van der Waals surface area contributed by atoms with Crippen molar-refractivity contribution in [3.63, 3.8) is 0 Å². The maximum atomic E-state index is 11.4. The highest BCUT2D eigenvalue weighted by Gasteiger charge is 2.21. The van der Waals surface area contributed by atoms with E-state index < -0.39 is 31.6 Å². The Morgan fingerprint density at radius 1 is 1.26 bits per heavy atom. The lowest BCUT2D eigenvalue weighted by atomic mass is 10.3. The molecular formula is C10H20NO7P. The first-order valence-electron chi connectivity index (χ1n) is 5.63. The number of carbonyl (C=O) groups is 2. The Labute approximate surface area is 111 Å². The molecule has 0 fully saturated rings. The summed E-state index contributed by atoms with van der Waals surface area (Å²) >= 11 is 0. The second-order valence-corrected chi connectivity index (χ2v) is 6.46. The average Bonchev–Trinajstić information content (AvgIpc) is 2.25. The van der Waals surface area contributed by atoms with Gasteiger partial charge in [0.15, 0.2) is 5.78 Å². The molecule has 0 spiro atoms. The largest absolute Gasteiger partial charge is 0.382 e. The highest BCUT2D eigenvalue weighted by molar-refractivity contribution is 7.58. The van der Waals surface area contributed by atoms with Gasteiger partial charge in [-0.25, -0.2) is 5.06 Å². The van der Waals surface area contributed by atoms with E-state index in [9.17, 15) is 19.4 Å². The molecule has 0 aromatic carbocycles. The molecular weight excluding hydrogens is 277 g/mol. The molecule has 9 heteroatoms. The first-order valence-corrected chi connectivity index (χ1v) is 7.92. The molecule has 0 aromatic rings. The summed E-state index contributed by atoms with van der Waals surface area (Å²) in [6, 6.07) is 0. The molecule has 0 rings (SSSR count). The Morgan fingerprint density at radius 2 is 1.89 bits per heavy atom. The third-order valence-corrected chi connectivity index (χ3v) is 2.92. The normalized spacial score (nSPS) is 13.9. The standard InChI is InChI=1S/C10H20NO7P/c1-17-5-6-18-4-3-11(14)10(13)7-9(12)8-19(2,15)16/h14H,3-8H2,1-2H3,(H,15,16). The third-order valence-electron chi connectivity index (χ3n) is 1.99. The van der Waals surface area contributed by atoms with Crippen molar-refractivity contribution in [2.45, 2.75) is 6.42 Å². The average molecular weight is 297 g/mol. The van der Waals surface area contributed by atoms with Gasteiger partial charge in [0.1, 0.15) is 0 Å². The van der Waals surface area contributed by atoms with Gasteiger partial charge in [-0.2, -0.15) is 0 Å². The number of hydrogen-bond acceptors (Lipinski definition) is 6. The number of hydrogen-bond donors (Lipinski definition) is 2. The second-order valence-electron chi connectivity index (χ2n) is 4.05. The van der Waals surface area contributed by atoms with Crippen molar-refractivity contribution in [3.8, 4) is 0 Å².